The number of para-hydroxylation sites is 1. The summed E-state index contributed by atoms with van der Waals surface area (Å²) in [7, 11) is 0. The summed E-state index contributed by atoms with van der Waals surface area (Å²) < 4.78 is 45.6. The number of carbonyl (C=O) groups excluding carboxylic acids is 1. The van der Waals surface area contributed by atoms with E-state index < -0.39 is 11.7 Å². The molecule has 1 N–H and O–H groups in total. The standard InChI is InChI=1S/C23H25F3N4O2/c1-14(2)20-18(13-29-30(20)19-9-8-17(12-28-19)23(24,25)26)22(31)27-10-11-32-21-15(3)6-5-7-16(21)4/h5-9,12-14H,10-11H2,1-4H3,(H,27,31). The molecule has 2 heterocycles. The number of aryl methyl sites for hydroxylation is 2. The van der Waals surface area contributed by atoms with Crippen molar-refractivity contribution < 1.29 is 22.7 Å². The Morgan fingerprint density at radius 1 is 1.12 bits per heavy atom. The molecule has 3 aromatic rings. The number of halogens is 3. The Morgan fingerprint density at radius 2 is 1.81 bits per heavy atom. The molecule has 0 saturated carbocycles. The van der Waals surface area contributed by atoms with Crippen molar-refractivity contribution in [2.45, 2.75) is 39.8 Å². The molecule has 0 saturated heterocycles. The van der Waals surface area contributed by atoms with Crippen LogP contribution in [0.25, 0.3) is 5.82 Å². The van der Waals surface area contributed by atoms with Crippen LogP contribution in [-0.2, 0) is 6.18 Å². The molecular weight excluding hydrogens is 421 g/mol. The van der Waals surface area contributed by atoms with Crippen molar-refractivity contribution in [3.63, 3.8) is 0 Å². The zero-order valence-corrected chi connectivity index (χ0v) is 18.3. The average Bonchev–Trinajstić information content (AvgIpc) is 3.18. The van der Waals surface area contributed by atoms with Crippen molar-refractivity contribution in [3.8, 4) is 11.6 Å². The first kappa shape index (κ1) is 23.3. The van der Waals surface area contributed by atoms with Crippen molar-refractivity contribution in [3.05, 3.63) is 70.7 Å². The van der Waals surface area contributed by atoms with Crippen LogP contribution in [0, 0.1) is 13.8 Å². The normalized spacial score (nSPS) is 11.6. The molecule has 2 aromatic heterocycles. The molecule has 0 spiro atoms. The van der Waals surface area contributed by atoms with E-state index in [2.05, 4.69) is 15.4 Å². The lowest BCUT2D eigenvalue weighted by Gasteiger charge is -2.14. The van der Waals surface area contributed by atoms with E-state index in [9.17, 15) is 18.0 Å². The van der Waals surface area contributed by atoms with Gasteiger partial charge in [-0.05, 0) is 43.0 Å². The van der Waals surface area contributed by atoms with Gasteiger partial charge in [-0.3, -0.25) is 4.79 Å². The number of benzene rings is 1. The number of ether oxygens (including phenoxy) is 1. The van der Waals surface area contributed by atoms with Crippen LogP contribution in [0.3, 0.4) is 0 Å². The number of pyridine rings is 1. The molecular formula is C23H25F3N4O2. The highest BCUT2D eigenvalue weighted by Gasteiger charge is 2.31. The van der Waals surface area contributed by atoms with E-state index in [-0.39, 0.29) is 24.2 Å². The maximum atomic E-state index is 12.8. The topological polar surface area (TPSA) is 69.0 Å². The van der Waals surface area contributed by atoms with E-state index in [0.717, 1.165) is 29.1 Å². The molecule has 6 nitrogen and oxygen atoms in total. The molecule has 0 aliphatic rings. The monoisotopic (exact) mass is 446 g/mol. The number of carbonyl (C=O) groups is 1. The minimum atomic E-state index is -4.47. The van der Waals surface area contributed by atoms with Crippen molar-refractivity contribution >= 4 is 5.91 Å². The second-order valence-corrected chi connectivity index (χ2v) is 7.74. The van der Waals surface area contributed by atoms with Gasteiger partial charge in [-0.15, -0.1) is 0 Å². The van der Waals surface area contributed by atoms with Gasteiger partial charge < -0.3 is 10.1 Å². The van der Waals surface area contributed by atoms with Crippen LogP contribution in [0.2, 0.25) is 0 Å². The molecule has 0 unspecified atom stereocenters. The van der Waals surface area contributed by atoms with Crippen LogP contribution < -0.4 is 10.1 Å². The molecule has 0 fully saturated rings. The van der Waals surface area contributed by atoms with Crippen LogP contribution >= 0.6 is 0 Å². The van der Waals surface area contributed by atoms with Crippen LogP contribution in [-0.4, -0.2) is 33.8 Å². The van der Waals surface area contributed by atoms with Crippen LogP contribution in [0.5, 0.6) is 5.75 Å². The Morgan fingerprint density at radius 3 is 2.38 bits per heavy atom. The minimum Gasteiger partial charge on any atom is -0.491 e. The fourth-order valence-corrected chi connectivity index (χ4v) is 3.39. The van der Waals surface area contributed by atoms with Gasteiger partial charge in [0.25, 0.3) is 5.91 Å². The maximum absolute atomic E-state index is 12.8. The molecule has 0 aliphatic heterocycles. The molecule has 0 radical (unpaired) electrons. The highest BCUT2D eigenvalue weighted by Crippen LogP contribution is 2.29. The molecule has 0 atom stereocenters. The highest BCUT2D eigenvalue weighted by molar-refractivity contribution is 5.95. The zero-order chi connectivity index (χ0) is 23.5. The third kappa shape index (κ3) is 5.09. The zero-order valence-electron chi connectivity index (χ0n) is 18.3. The number of amides is 1. The van der Waals surface area contributed by atoms with Gasteiger partial charge in [0.2, 0.25) is 0 Å². The summed E-state index contributed by atoms with van der Waals surface area (Å²) in [5.41, 5.74) is 2.09. The molecule has 32 heavy (non-hydrogen) atoms. The summed E-state index contributed by atoms with van der Waals surface area (Å²) in [5, 5.41) is 7.01. The second-order valence-electron chi connectivity index (χ2n) is 7.74. The van der Waals surface area contributed by atoms with Crippen molar-refractivity contribution in [1.29, 1.82) is 0 Å². The van der Waals surface area contributed by atoms with E-state index in [0.29, 0.717) is 17.9 Å². The van der Waals surface area contributed by atoms with Gasteiger partial charge in [0.1, 0.15) is 12.4 Å². The number of hydrogen-bond donors (Lipinski definition) is 1. The molecule has 3 rings (SSSR count). The molecule has 1 amide bonds. The number of nitrogens with one attached hydrogen (secondary N) is 1. The highest BCUT2D eigenvalue weighted by atomic mass is 19.4. The first-order chi connectivity index (χ1) is 15.1. The van der Waals surface area contributed by atoms with Gasteiger partial charge in [-0.25, -0.2) is 9.67 Å². The van der Waals surface area contributed by atoms with E-state index in [1.807, 2.05) is 45.9 Å². The number of hydrogen-bond acceptors (Lipinski definition) is 4. The Bertz CT molecular complexity index is 1070. The predicted octanol–water partition coefficient (Wildman–Crippen LogP) is 4.84. The lowest BCUT2D eigenvalue weighted by atomic mass is 10.1. The third-order valence-corrected chi connectivity index (χ3v) is 4.93. The summed E-state index contributed by atoms with van der Waals surface area (Å²) in [6.07, 6.45) is -2.32. The Kier molecular flexibility index (Phi) is 6.86. The predicted molar refractivity (Wildman–Crippen MR) is 114 cm³/mol. The van der Waals surface area contributed by atoms with Gasteiger partial charge in [0.05, 0.1) is 29.6 Å². The number of rotatable bonds is 7. The van der Waals surface area contributed by atoms with Crippen molar-refractivity contribution in [1.82, 2.24) is 20.1 Å². The lowest BCUT2D eigenvalue weighted by Crippen LogP contribution is -2.29. The van der Waals surface area contributed by atoms with Crippen molar-refractivity contribution in [2.75, 3.05) is 13.2 Å². The smallest absolute Gasteiger partial charge is 0.417 e. The molecule has 9 heteroatoms. The van der Waals surface area contributed by atoms with E-state index in [1.54, 1.807) is 0 Å². The number of alkyl halides is 3. The fraction of sp³-hybridized carbons (Fsp3) is 0.348. The first-order valence-corrected chi connectivity index (χ1v) is 10.2. The van der Waals surface area contributed by atoms with E-state index >= 15 is 0 Å². The summed E-state index contributed by atoms with van der Waals surface area (Å²) in [4.78, 5) is 16.6. The van der Waals surface area contributed by atoms with Crippen LogP contribution in [0.4, 0.5) is 13.2 Å². The van der Waals surface area contributed by atoms with Crippen molar-refractivity contribution in [2.24, 2.45) is 0 Å². The number of nitrogens with zero attached hydrogens (tertiary/aromatic N) is 3. The summed E-state index contributed by atoms with van der Waals surface area (Å²) >= 11 is 0. The first-order valence-electron chi connectivity index (χ1n) is 10.2. The van der Waals surface area contributed by atoms with Gasteiger partial charge in [0.15, 0.2) is 5.82 Å². The van der Waals surface area contributed by atoms with Crippen LogP contribution in [0.15, 0.2) is 42.7 Å². The fourth-order valence-electron chi connectivity index (χ4n) is 3.39. The van der Waals surface area contributed by atoms with Gasteiger partial charge in [-0.1, -0.05) is 32.0 Å². The Balaban J connectivity index is 1.71. The van der Waals surface area contributed by atoms with E-state index in [4.69, 9.17) is 4.74 Å². The summed E-state index contributed by atoms with van der Waals surface area (Å²) in [6.45, 7) is 8.24. The SMILES string of the molecule is Cc1cccc(C)c1OCCNC(=O)c1cnn(-c2ccc(C(F)(F)F)cn2)c1C(C)C. The van der Waals surface area contributed by atoms with Crippen LogP contribution in [0.1, 0.15) is 52.5 Å². The van der Waals surface area contributed by atoms with Gasteiger partial charge >= 0.3 is 6.18 Å². The average molecular weight is 446 g/mol. The second kappa shape index (κ2) is 9.42. The lowest BCUT2D eigenvalue weighted by molar-refractivity contribution is -0.137. The third-order valence-electron chi connectivity index (χ3n) is 4.93. The van der Waals surface area contributed by atoms with Gasteiger partial charge in [-0.2, -0.15) is 18.3 Å². The molecule has 1 aromatic carbocycles. The van der Waals surface area contributed by atoms with Gasteiger partial charge in [0, 0.05) is 6.20 Å². The summed E-state index contributed by atoms with van der Waals surface area (Å²) in [6, 6.07) is 8.05. The minimum absolute atomic E-state index is 0.117. The number of aromatic nitrogens is 3. The Labute approximate surface area is 184 Å². The molecule has 0 bridgehead atoms. The van der Waals surface area contributed by atoms with E-state index in [1.165, 1.54) is 16.9 Å². The summed E-state index contributed by atoms with van der Waals surface area (Å²) in [5.74, 6) is 0.551. The maximum Gasteiger partial charge on any atom is 0.417 e. The molecule has 170 valence electrons. The molecule has 0 aliphatic carbocycles. The quantitative estimate of drug-likeness (QED) is 0.528. The Hall–Kier alpha value is -3.36. The largest absolute Gasteiger partial charge is 0.491 e.